The number of thiazole rings is 1. The van der Waals surface area contributed by atoms with Crippen LogP contribution >= 0.6 is 11.3 Å². The molecule has 0 saturated carbocycles. The molecule has 1 heterocycles. The zero-order chi connectivity index (χ0) is 18.6. The number of hydrogen-bond donors (Lipinski definition) is 1. The minimum Gasteiger partial charge on any atom is -0.347 e. The van der Waals surface area contributed by atoms with E-state index in [1.54, 1.807) is 0 Å². The van der Waals surface area contributed by atoms with Crippen molar-refractivity contribution in [2.45, 2.75) is 59.7 Å². The fourth-order valence-electron chi connectivity index (χ4n) is 2.47. The lowest BCUT2D eigenvalue weighted by Gasteiger charge is -2.22. The van der Waals surface area contributed by atoms with E-state index in [4.69, 9.17) is 0 Å². The summed E-state index contributed by atoms with van der Waals surface area (Å²) in [5, 5.41) is 4.08. The van der Waals surface area contributed by atoms with E-state index in [1.807, 2.05) is 13.0 Å². The van der Waals surface area contributed by atoms with Crippen molar-refractivity contribution in [3.63, 3.8) is 0 Å². The predicted octanol–water partition coefficient (Wildman–Crippen LogP) is 4.35. The van der Waals surface area contributed by atoms with Crippen LogP contribution in [-0.2, 0) is 13.1 Å². The molecule has 0 aliphatic heterocycles. The second-order valence-electron chi connectivity index (χ2n) is 7.08. The first-order valence-corrected chi connectivity index (χ1v) is 9.63. The summed E-state index contributed by atoms with van der Waals surface area (Å²) in [6, 6.07) is 8.78. The van der Waals surface area contributed by atoms with Crippen molar-refractivity contribution in [2.75, 3.05) is 7.05 Å². The third-order valence-corrected chi connectivity index (χ3v) is 5.83. The minimum absolute atomic E-state index is 0.0334. The molecule has 0 aliphatic rings. The Balaban J connectivity index is 2.07. The lowest BCUT2D eigenvalue weighted by Crippen LogP contribution is -2.27. The third kappa shape index (κ3) is 5.13. The fourth-order valence-corrected chi connectivity index (χ4v) is 3.45. The van der Waals surface area contributed by atoms with Crippen LogP contribution < -0.4 is 5.32 Å². The van der Waals surface area contributed by atoms with Crippen molar-refractivity contribution in [3.05, 3.63) is 51.0 Å². The van der Waals surface area contributed by atoms with Gasteiger partial charge in [-0.05, 0) is 38.9 Å². The van der Waals surface area contributed by atoms with Crippen molar-refractivity contribution < 1.29 is 4.79 Å². The zero-order valence-corrected chi connectivity index (χ0v) is 16.9. The Kier molecular flexibility index (Phi) is 6.73. The Bertz CT molecular complexity index is 721. The second kappa shape index (κ2) is 8.59. The number of aryl methyl sites for hydroxylation is 1. The second-order valence-corrected chi connectivity index (χ2v) is 8.11. The predicted molar refractivity (Wildman–Crippen MR) is 105 cm³/mol. The molecule has 1 aromatic heterocycles. The van der Waals surface area contributed by atoms with Gasteiger partial charge in [-0.15, -0.1) is 11.3 Å². The zero-order valence-electron chi connectivity index (χ0n) is 16.1. The van der Waals surface area contributed by atoms with E-state index in [1.165, 1.54) is 16.9 Å². The largest absolute Gasteiger partial charge is 0.347 e. The lowest BCUT2D eigenvalue weighted by molar-refractivity contribution is 0.0954. The van der Waals surface area contributed by atoms with Crippen molar-refractivity contribution in [2.24, 2.45) is 0 Å². The monoisotopic (exact) mass is 359 g/mol. The van der Waals surface area contributed by atoms with E-state index < -0.39 is 0 Å². The van der Waals surface area contributed by atoms with Gasteiger partial charge in [-0.1, -0.05) is 38.1 Å². The topological polar surface area (TPSA) is 45.2 Å². The quantitative estimate of drug-likeness (QED) is 0.799. The fraction of sp³-hybridized carbons (Fsp3) is 0.500. The Labute approximate surface area is 155 Å². The molecular weight excluding hydrogens is 330 g/mol. The van der Waals surface area contributed by atoms with Crippen molar-refractivity contribution in [1.82, 2.24) is 15.2 Å². The van der Waals surface area contributed by atoms with E-state index in [2.05, 4.69) is 68.1 Å². The summed E-state index contributed by atoms with van der Waals surface area (Å²) < 4.78 is 0. The van der Waals surface area contributed by atoms with E-state index in [9.17, 15) is 4.79 Å². The molecule has 2 aromatic rings. The molecule has 0 bridgehead atoms. The number of carbonyl (C=O) groups excluding carboxylic acids is 1. The first kappa shape index (κ1) is 19.6. The van der Waals surface area contributed by atoms with E-state index in [0.29, 0.717) is 18.5 Å². The van der Waals surface area contributed by atoms with Gasteiger partial charge in [-0.3, -0.25) is 9.69 Å². The molecule has 2 rings (SSSR count). The van der Waals surface area contributed by atoms with Gasteiger partial charge in [0.2, 0.25) is 0 Å². The van der Waals surface area contributed by atoms with Crippen LogP contribution in [0.15, 0.2) is 24.3 Å². The van der Waals surface area contributed by atoms with Gasteiger partial charge >= 0.3 is 0 Å². The Morgan fingerprint density at radius 3 is 2.40 bits per heavy atom. The molecule has 0 radical (unpaired) electrons. The highest BCUT2D eigenvalue weighted by Gasteiger charge is 2.17. The number of carbonyl (C=O) groups is 1. The smallest absolute Gasteiger partial charge is 0.263 e. The first-order valence-electron chi connectivity index (χ1n) is 8.82. The maximum absolute atomic E-state index is 12.6. The van der Waals surface area contributed by atoms with Crippen LogP contribution in [0.3, 0.4) is 0 Å². The normalized spacial score (nSPS) is 11.6. The summed E-state index contributed by atoms with van der Waals surface area (Å²) in [6.07, 6.45) is 0. The lowest BCUT2D eigenvalue weighted by atomic mass is 10.1. The summed E-state index contributed by atoms with van der Waals surface area (Å²) in [5.41, 5.74) is 3.23. The van der Waals surface area contributed by atoms with Crippen LogP contribution in [0.4, 0.5) is 0 Å². The number of aromatic nitrogens is 1. The molecule has 25 heavy (non-hydrogen) atoms. The molecule has 0 saturated heterocycles. The van der Waals surface area contributed by atoms with Crippen molar-refractivity contribution in [1.29, 1.82) is 0 Å². The number of nitrogens with one attached hydrogen (secondary N) is 1. The Morgan fingerprint density at radius 1 is 1.20 bits per heavy atom. The van der Waals surface area contributed by atoms with Crippen molar-refractivity contribution in [3.8, 4) is 0 Å². The maximum atomic E-state index is 12.6. The number of amides is 1. The van der Waals surface area contributed by atoms with Crippen molar-refractivity contribution >= 4 is 17.2 Å². The van der Waals surface area contributed by atoms with Gasteiger partial charge in [-0.25, -0.2) is 4.98 Å². The summed E-state index contributed by atoms with van der Waals surface area (Å²) in [4.78, 5) is 20.1. The average molecular weight is 360 g/mol. The summed E-state index contributed by atoms with van der Waals surface area (Å²) in [6.45, 7) is 11.9. The van der Waals surface area contributed by atoms with Gasteiger partial charge < -0.3 is 5.32 Å². The average Bonchev–Trinajstić information content (AvgIpc) is 2.96. The highest BCUT2D eigenvalue weighted by molar-refractivity contribution is 7.13. The highest BCUT2D eigenvalue weighted by atomic mass is 32.1. The number of hydrogen-bond acceptors (Lipinski definition) is 4. The standard InChI is InChI=1S/C20H29N3OS/c1-13(2)20-22-15(5)18(25-20)19(24)21-11-16-9-7-8-10-17(16)12-23(6)14(3)4/h7-10,13-14H,11-12H2,1-6H3,(H,21,24). The van der Waals surface area contributed by atoms with E-state index >= 15 is 0 Å². The molecule has 0 unspecified atom stereocenters. The van der Waals surface area contributed by atoms with Gasteiger partial charge in [-0.2, -0.15) is 0 Å². The van der Waals surface area contributed by atoms with Gasteiger partial charge in [0.1, 0.15) is 4.88 Å². The summed E-state index contributed by atoms with van der Waals surface area (Å²) in [5.74, 6) is 0.312. The maximum Gasteiger partial charge on any atom is 0.263 e. The summed E-state index contributed by atoms with van der Waals surface area (Å²) >= 11 is 1.50. The molecule has 0 fully saturated rings. The van der Waals surface area contributed by atoms with Crippen LogP contribution in [0, 0.1) is 6.92 Å². The molecule has 1 aromatic carbocycles. The molecule has 0 spiro atoms. The van der Waals surface area contributed by atoms with E-state index in [-0.39, 0.29) is 5.91 Å². The van der Waals surface area contributed by atoms with Crippen LogP contribution in [0.2, 0.25) is 0 Å². The number of rotatable bonds is 7. The molecule has 0 atom stereocenters. The molecule has 5 heteroatoms. The number of benzene rings is 1. The summed E-state index contributed by atoms with van der Waals surface area (Å²) in [7, 11) is 2.12. The van der Waals surface area contributed by atoms with Gasteiger partial charge in [0.05, 0.1) is 10.7 Å². The van der Waals surface area contributed by atoms with Crippen LogP contribution in [0.25, 0.3) is 0 Å². The number of nitrogens with zero attached hydrogens (tertiary/aromatic N) is 2. The Morgan fingerprint density at radius 2 is 1.84 bits per heavy atom. The van der Waals surface area contributed by atoms with Crippen LogP contribution in [0.1, 0.15) is 65.1 Å². The third-order valence-electron chi connectivity index (χ3n) is 4.37. The Hall–Kier alpha value is -1.72. The van der Waals surface area contributed by atoms with E-state index in [0.717, 1.165) is 27.7 Å². The molecule has 1 N–H and O–H groups in total. The first-order chi connectivity index (χ1) is 11.8. The molecule has 136 valence electrons. The van der Waals surface area contributed by atoms with Gasteiger partial charge in [0.25, 0.3) is 5.91 Å². The van der Waals surface area contributed by atoms with Crippen LogP contribution in [0.5, 0.6) is 0 Å². The van der Waals surface area contributed by atoms with Gasteiger partial charge in [0, 0.05) is 25.0 Å². The highest BCUT2D eigenvalue weighted by Crippen LogP contribution is 2.24. The molecular formula is C20H29N3OS. The molecule has 1 amide bonds. The molecule has 0 aliphatic carbocycles. The van der Waals surface area contributed by atoms with Gasteiger partial charge in [0.15, 0.2) is 0 Å². The minimum atomic E-state index is -0.0334. The molecule has 4 nitrogen and oxygen atoms in total. The SMILES string of the molecule is Cc1nc(C(C)C)sc1C(=O)NCc1ccccc1CN(C)C(C)C. The van der Waals surface area contributed by atoms with Crippen LogP contribution in [-0.4, -0.2) is 28.9 Å².